The SMILES string of the molecule is CC(=CC(C1CCCC1)C(O)(C(F)(F)F)C(F)(F)F)C(=O)O. The molecule has 0 amide bonds. The molecule has 1 fully saturated rings. The molecule has 0 aromatic heterocycles. The fraction of sp³-hybridized carbons (Fsp3) is 0.769. The van der Waals surface area contributed by atoms with Crippen LogP contribution >= 0.6 is 0 Å². The first-order valence-corrected chi connectivity index (χ1v) is 6.60. The Labute approximate surface area is 122 Å². The molecule has 0 heterocycles. The second-order valence-electron chi connectivity index (χ2n) is 5.49. The van der Waals surface area contributed by atoms with Crippen LogP contribution in [0.15, 0.2) is 11.6 Å². The van der Waals surface area contributed by atoms with Gasteiger partial charge in [0, 0.05) is 11.5 Å². The highest BCUT2D eigenvalue weighted by Gasteiger charge is 2.74. The summed E-state index contributed by atoms with van der Waals surface area (Å²) in [7, 11) is 0. The van der Waals surface area contributed by atoms with E-state index in [0.29, 0.717) is 18.9 Å². The predicted octanol–water partition coefficient (Wildman–Crippen LogP) is 3.68. The molecular weight excluding hydrogens is 318 g/mol. The first kappa shape index (κ1) is 18.8. The van der Waals surface area contributed by atoms with Gasteiger partial charge in [-0.3, -0.25) is 0 Å². The van der Waals surface area contributed by atoms with Crippen molar-refractivity contribution in [2.75, 3.05) is 0 Å². The van der Waals surface area contributed by atoms with Crippen molar-refractivity contribution in [2.24, 2.45) is 11.8 Å². The highest BCUT2D eigenvalue weighted by Crippen LogP contribution is 2.52. The van der Waals surface area contributed by atoms with E-state index in [1.165, 1.54) is 0 Å². The molecule has 0 aliphatic heterocycles. The van der Waals surface area contributed by atoms with Crippen LogP contribution in [0.2, 0.25) is 0 Å². The summed E-state index contributed by atoms with van der Waals surface area (Å²) in [6.45, 7) is 0.900. The van der Waals surface area contributed by atoms with Gasteiger partial charge in [-0.05, 0) is 25.7 Å². The Kier molecular flexibility index (Phi) is 5.21. The van der Waals surface area contributed by atoms with Crippen LogP contribution in [-0.2, 0) is 4.79 Å². The standard InChI is InChI=1S/C13H16F6O3/c1-7(10(20)21)6-9(8-4-2-3-5-8)11(22,12(14,15)16)13(17,18)19/h6,8-9,22H,2-5H2,1H3,(H,20,21). The number of carbonyl (C=O) groups is 1. The minimum atomic E-state index is -5.96. The molecule has 3 nitrogen and oxygen atoms in total. The lowest BCUT2D eigenvalue weighted by molar-refractivity contribution is -0.384. The lowest BCUT2D eigenvalue weighted by atomic mass is 9.75. The molecule has 2 N–H and O–H groups in total. The van der Waals surface area contributed by atoms with Crippen LogP contribution in [0.25, 0.3) is 0 Å². The molecule has 0 aromatic carbocycles. The van der Waals surface area contributed by atoms with Gasteiger partial charge >= 0.3 is 18.3 Å². The van der Waals surface area contributed by atoms with Crippen molar-refractivity contribution in [3.05, 3.63) is 11.6 Å². The average molecular weight is 334 g/mol. The molecule has 1 aliphatic rings. The molecule has 0 saturated heterocycles. The van der Waals surface area contributed by atoms with Crippen molar-refractivity contribution in [1.82, 2.24) is 0 Å². The number of hydrogen-bond donors (Lipinski definition) is 2. The monoisotopic (exact) mass is 334 g/mol. The van der Waals surface area contributed by atoms with E-state index in [9.17, 15) is 36.2 Å². The summed E-state index contributed by atoms with van der Waals surface area (Å²) in [6.07, 6.45) is -10.5. The molecule has 0 spiro atoms. The van der Waals surface area contributed by atoms with Gasteiger partial charge in [-0.2, -0.15) is 26.3 Å². The summed E-state index contributed by atoms with van der Waals surface area (Å²) in [5.41, 5.74) is -5.63. The van der Waals surface area contributed by atoms with Crippen LogP contribution in [0.4, 0.5) is 26.3 Å². The van der Waals surface area contributed by atoms with Crippen molar-refractivity contribution >= 4 is 5.97 Å². The van der Waals surface area contributed by atoms with Crippen molar-refractivity contribution in [1.29, 1.82) is 0 Å². The maximum absolute atomic E-state index is 13.0. The number of alkyl halides is 6. The molecule has 1 unspecified atom stereocenters. The van der Waals surface area contributed by atoms with E-state index in [1.54, 1.807) is 0 Å². The number of rotatable bonds is 4. The topological polar surface area (TPSA) is 57.5 Å². The maximum atomic E-state index is 13.0. The third-order valence-electron chi connectivity index (χ3n) is 4.02. The zero-order valence-electron chi connectivity index (χ0n) is 11.6. The number of aliphatic hydroxyl groups is 1. The van der Waals surface area contributed by atoms with Gasteiger partial charge in [0.2, 0.25) is 0 Å². The molecule has 22 heavy (non-hydrogen) atoms. The minimum Gasteiger partial charge on any atom is -0.478 e. The third kappa shape index (κ3) is 3.39. The van der Waals surface area contributed by atoms with E-state index in [1.807, 2.05) is 0 Å². The maximum Gasteiger partial charge on any atom is 0.426 e. The van der Waals surface area contributed by atoms with Gasteiger partial charge in [0.1, 0.15) is 0 Å². The average Bonchev–Trinajstić information content (AvgIpc) is 2.85. The highest BCUT2D eigenvalue weighted by atomic mass is 19.4. The molecule has 1 aliphatic carbocycles. The van der Waals surface area contributed by atoms with Gasteiger partial charge in [0.25, 0.3) is 5.60 Å². The quantitative estimate of drug-likeness (QED) is 0.609. The first-order chi connectivity index (χ1) is 9.82. The van der Waals surface area contributed by atoms with Crippen LogP contribution in [0.3, 0.4) is 0 Å². The van der Waals surface area contributed by atoms with Crippen LogP contribution in [0, 0.1) is 11.8 Å². The summed E-state index contributed by atoms with van der Waals surface area (Å²) in [5, 5.41) is 18.3. The van der Waals surface area contributed by atoms with Gasteiger partial charge in [0.05, 0.1) is 0 Å². The summed E-state index contributed by atoms with van der Waals surface area (Å²) in [5.74, 6) is -5.09. The van der Waals surface area contributed by atoms with Gasteiger partial charge in [-0.25, -0.2) is 4.79 Å². The second-order valence-corrected chi connectivity index (χ2v) is 5.49. The Bertz CT molecular complexity index is 432. The molecule has 0 radical (unpaired) electrons. The Morgan fingerprint density at radius 3 is 1.82 bits per heavy atom. The van der Waals surface area contributed by atoms with E-state index < -0.39 is 41.3 Å². The summed E-state index contributed by atoms with van der Waals surface area (Å²) >= 11 is 0. The van der Waals surface area contributed by atoms with Crippen molar-refractivity contribution in [3.8, 4) is 0 Å². The van der Waals surface area contributed by atoms with E-state index in [-0.39, 0.29) is 12.8 Å². The van der Waals surface area contributed by atoms with E-state index in [0.717, 1.165) is 6.92 Å². The summed E-state index contributed by atoms with van der Waals surface area (Å²) in [4.78, 5) is 10.8. The fourth-order valence-electron chi connectivity index (χ4n) is 2.79. The van der Waals surface area contributed by atoms with Gasteiger partial charge < -0.3 is 10.2 Å². The predicted molar refractivity (Wildman–Crippen MR) is 63.9 cm³/mol. The number of carboxylic acids is 1. The van der Waals surface area contributed by atoms with Gasteiger partial charge in [0.15, 0.2) is 0 Å². The third-order valence-corrected chi connectivity index (χ3v) is 4.02. The van der Waals surface area contributed by atoms with Crippen molar-refractivity contribution in [2.45, 2.75) is 50.6 Å². The van der Waals surface area contributed by atoms with Crippen molar-refractivity contribution in [3.63, 3.8) is 0 Å². The largest absolute Gasteiger partial charge is 0.478 e. The van der Waals surface area contributed by atoms with E-state index in [4.69, 9.17) is 5.11 Å². The smallest absolute Gasteiger partial charge is 0.426 e. The Morgan fingerprint density at radius 1 is 1.09 bits per heavy atom. The minimum absolute atomic E-state index is 0.0720. The van der Waals surface area contributed by atoms with Crippen LogP contribution in [0.1, 0.15) is 32.6 Å². The lowest BCUT2D eigenvalue weighted by Crippen LogP contribution is -2.62. The molecule has 1 saturated carbocycles. The molecule has 1 atom stereocenters. The van der Waals surface area contributed by atoms with Crippen LogP contribution in [0.5, 0.6) is 0 Å². The zero-order chi connectivity index (χ0) is 17.3. The Balaban J connectivity index is 3.44. The Hall–Kier alpha value is -1.25. The molecular formula is C13H16F6O3. The molecule has 0 aromatic rings. The highest BCUT2D eigenvalue weighted by molar-refractivity contribution is 5.85. The molecule has 1 rings (SSSR count). The molecule has 128 valence electrons. The van der Waals surface area contributed by atoms with Gasteiger partial charge in [-0.15, -0.1) is 0 Å². The van der Waals surface area contributed by atoms with E-state index in [2.05, 4.69) is 0 Å². The van der Waals surface area contributed by atoms with Crippen molar-refractivity contribution < 1.29 is 41.4 Å². The Morgan fingerprint density at radius 2 is 1.50 bits per heavy atom. The first-order valence-electron chi connectivity index (χ1n) is 6.60. The molecule has 0 bridgehead atoms. The molecule has 9 heteroatoms. The lowest BCUT2D eigenvalue weighted by Gasteiger charge is -2.40. The van der Waals surface area contributed by atoms with Gasteiger partial charge in [-0.1, -0.05) is 18.9 Å². The number of aliphatic carboxylic acids is 1. The van der Waals surface area contributed by atoms with E-state index >= 15 is 0 Å². The van der Waals surface area contributed by atoms with Crippen LogP contribution < -0.4 is 0 Å². The van der Waals surface area contributed by atoms with Crippen LogP contribution in [-0.4, -0.2) is 34.1 Å². The normalized spacial score (nSPS) is 20.3. The zero-order valence-corrected chi connectivity index (χ0v) is 11.6. The fourth-order valence-corrected chi connectivity index (χ4v) is 2.79. The number of carboxylic acid groups (broad SMARTS) is 1. The summed E-state index contributed by atoms with van der Waals surface area (Å²) in [6, 6.07) is 0. The number of halogens is 6. The summed E-state index contributed by atoms with van der Waals surface area (Å²) < 4.78 is 78.1. The second kappa shape index (κ2) is 6.10. The number of hydrogen-bond acceptors (Lipinski definition) is 2.